The third-order valence-corrected chi connectivity index (χ3v) is 5.89. The lowest BCUT2D eigenvalue weighted by molar-refractivity contribution is 0.600. The molecule has 2 heterocycles. The summed E-state index contributed by atoms with van der Waals surface area (Å²) in [7, 11) is -3.58. The molecule has 4 aromatic rings. The van der Waals surface area contributed by atoms with Crippen LogP contribution in [0.4, 0.5) is 5.69 Å². The quantitative estimate of drug-likeness (QED) is 0.507. The van der Waals surface area contributed by atoms with Crippen LogP contribution in [0.15, 0.2) is 73.1 Å². The minimum Gasteiger partial charge on any atom is -0.306 e. The van der Waals surface area contributed by atoms with Crippen LogP contribution >= 0.6 is 11.6 Å². The summed E-state index contributed by atoms with van der Waals surface area (Å²) >= 11 is 5.96. The number of halogens is 1. The van der Waals surface area contributed by atoms with Gasteiger partial charge in [0.15, 0.2) is 0 Å². The third-order valence-electron chi connectivity index (χ3n) is 4.41. The highest BCUT2D eigenvalue weighted by Crippen LogP contribution is 2.26. The second-order valence-electron chi connectivity index (χ2n) is 6.61. The van der Waals surface area contributed by atoms with E-state index in [9.17, 15) is 8.42 Å². The number of anilines is 1. The number of nitrogens with one attached hydrogen (secondary N) is 1. The Labute approximate surface area is 168 Å². The van der Waals surface area contributed by atoms with Crippen molar-refractivity contribution >= 4 is 33.0 Å². The Morgan fingerprint density at radius 2 is 1.93 bits per heavy atom. The minimum atomic E-state index is -3.58. The molecule has 0 bridgehead atoms. The number of fused-ring (bicyclic) bond motifs is 1. The van der Waals surface area contributed by atoms with Crippen LogP contribution in [0.1, 0.15) is 11.1 Å². The second-order valence-corrected chi connectivity index (χ2v) is 8.77. The third kappa shape index (κ3) is 4.03. The number of hydrogen-bond donors (Lipinski definition) is 1. The van der Waals surface area contributed by atoms with Crippen molar-refractivity contribution < 1.29 is 8.42 Å². The molecule has 0 amide bonds. The number of benzene rings is 2. The molecule has 0 spiro atoms. The van der Waals surface area contributed by atoms with Crippen LogP contribution in [0.5, 0.6) is 0 Å². The van der Waals surface area contributed by atoms with Gasteiger partial charge in [-0.3, -0.25) is 4.72 Å². The topological polar surface area (TPSA) is 63.5 Å². The first kappa shape index (κ1) is 18.5. The number of aromatic nitrogens is 2. The van der Waals surface area contributed by atoms with Crippen LogP contribution in [0, 0.1) is 6.92 Å². The van der Waals surface area contributed by atoms with E-state index in [4.69, 9.17) is 11.6 Å². The van der Waals surface area contributed by atoms with Crippen molar-refractivity contribution in [2.45, 2.75) is 12.7 Å². The monoisotopic (exact) mass is 411 g/mol. The Morgan fingerprint density at radius 1 is 1.07 bits per heavy atom. The van der Waals surface area contributed by atoms with Crippen molar-refractivity contribution in [2.24, 2.45) is 0 Å². The van der Waals surface area contributed by atoms with Crippen molar-refractivity contribution in [1.29, 1.82) is 0 Å². The number of pyridine rings is 1. The molecule has 4 rings (SSSR count). The van der Waals surface area contributed by atoms with E-state index in [1.807, 2.05) is 60.1 Å². The second kappa shape index (κ2) is 7.30. The van der Waals surface area contributed by atoms with E-state index in [0.29, 0.717) is 16.3 Å². The van der Waals surface area contributed by atoms with E-state index >= 15 is 0 Å². The van der Waals surface area contributed by atoms with Gasteiger partial charge in [0.2, 0.25) is 10.0 Å². The van der Waals surface area contributed by atoms with Crippen molar-refractivity contribution in [1.82, 2.24) is 9.38 Å². The molecule has 0 aliphatic carbocycles. The molecule has 0 fully saturated rings. The van der Waals surface area contributed by atoms with Gasteiger partial charge in [-0.2, -0.15) is 0 Å². The molecular formula is C21H18ClN3O2S. The lowest BCUT2D eigenvalue weighted by Gasteiger charge is -2.12. The maximum atomic E-state index is 12.6. The summed E-state index contributed by atoms with van der Waals surface area (Å²) in [5.74, 6) is -0.147. The molecule has 0 saturated carbocycles. The minimum absolute atomic E-state index is 0.147. The number of nitrogens with zero attached hydrogens (tertiary/aromatic N) is 2. The van der Waals surface area contributed by atoms with E-state index < -0.39 is 10.0 Å². The van der Waals surface area contributed by atoms with Crippen molar-refractivity contribution in [3.05, 3.63) is 89.2 Å². The van der Waals surface area contributed by atoms with Gasteiger partial charge in [-0.15, -0.1) is 0 Å². The van der Waals surface area contributed by atoms with Crippen molar-refractivity contribution in [3.8, 4) is 11.3 Å². The Hall–Kier alpha value is -2.83. The molecule has 142 valence electrons. The van der Waals surface area contributed by atoms with Gasteiger partial charge in [-0.1, -0.05) is 41.9 Å². The van der Waals surface area contributed by atoms with E-state index in [-0.39, 0.29) is 5.75 Å². The number of rotatable bonds is 5. The van der Waals surface area contributed by atoms with Crippen LogP contribution < -0.4 is 4.72 Å². The Bertz CT molecular complexity index is 1230. The maximum absolute atomic E-state index is 12.6. The highest BCUT2D eigenvalue weighted by Gasteiger charge is 2.15. The van der Waals surface area contributed by atoms with Crippen LogP contribution in [0.2, 0.25) is 5.02 Å². The molecule has 5 nitrogen and oxygen atoms in total. The largest absolute Gasteiger partial charge is 0.306 e. The summed E-state index contributed by atoms with van der Waals surface area (Å²) in [4.78, 5) is 4.60. The molecule has 0 atom stereocenters. The van der Waals surface area contributed by atoms with Gasteiger partial charge >= 0.3 is 0 Å². The zero-order chi connectivity index (χ0) is 19.7. The fraction of sp³-hybridized carbons (Fsp3) is 0.0952. The summed E-state index contributed by atoms with van der Waals surface area (Å²) in [5, 5.41) is 0.512. The molecule has 28 heavy (non-hydrogen) atoms. The normalized spacial score (nSPS) is 11.6. The lowest BCUT2D eigenvalue weighted by atomic mass is 10.1. The molecule has 0 aliphatic rings. The van der Waals surface area contributed by atoms with Gasteiger partial charge in [0, 0.05) is 23.0 Å². The van der Waals surface area contributed by atoms with Crippen LogP contribution in [0.25, 0.3) is 16.9 Å². The number of sulfonamides is 1. The highest BCUT2D eigenvalue weighted by molar-refractivity contribution is 7.91. The molecule has 0 aliphatic heterocycles. The summed E-state index contributed by atoms with van der Waals surface area (Å²) in [6, 6.07) is 18.3. The molecule has 2 aromatic heterocycles. The predicted octanol–water partition coefficient (Wildman–Crippen LogP) is 4.91. The van der Waals surface area contributed by atoms with E-state index in [1.165, 1.54) is 0 Å². The van der Waals surface area contributed by atoms with Gasteiger partial charge in [0.05, 0.1) is 17.1 Å². The van der Waals surface area contributed by atoms with Crippen LogP contribution in [-0.2, 0) is 15.8 Å². The zero-order valence-electron chi connectivity index (χ0n) is 15.1. The summed E-state index contributed by atoms with van der Waals surface area (Å²) in [5.41, 5.74) is 4.46. The Morgan fingerprint density at radius 3 is 2.71 bits per heavy atom. The molecule has 0 saturated heterocycles. The summed E-state index contributed by atoms with van der Waals surface area (Å²) < 4.78 is 29.9. The van der Waals surface area contributed by atoms with Crippen molar-refractivity contribution in [3.63, 3.8) is 0 Å². The number of imidazole rings is 1. The zero-order valence-corrected chi connectivity index (χ0v) is 16.7. The molecule has 2 aromatic carbocycles. The molecule has 0 unspecified atom stereocenters. The van der Waals surface area contributed by atoms with E-state index in [2.05, 4.69) is 9.71 Å². The standard InChI is InChI=1S/C21H18ClN3O2S/c1-15-8-9-17(20-13-25-10-3-2-7-21(25)23-20)12-19(15)24-28(26,27)14-16-5-4-6-18(22)11-16/h2-13,24H,14H2,1H3. The highest BCUT2D eigenvalue weighted by atomic mass is 35.5. The molecule has 1 N–H and O–H groups in total. The first-order chi connectivity index (χ1) is 13.4. The molecular weight excluding hydrogens is 394 g/mol. The Balaban J connectivity index is 1.63. The fourth-order valence-corrected chi connectivity index (χ4v) is 4.47. The average molecular weight is 412 g/mol. The lowest BCUT2D eigenvalue weighted by Crippen LogP contribution is -2.15. The van der Waals surface area contributed by atoms with Gasteiger partial charge < -0.3 is 4.40 Å². The predicted molar refractivity (Wildman–Crippen MR) is 113 cm³/mol. The average Bonchev–Trinajstić information content (AvgIpc) is 3.07. The van der Waals surface area contributed by atoms with Gasteiger partial charge in [-0.25, -0.2) is 13.4 Å². The summed E-state index contributed by atoms with van der Waals surface area (Å²) in [6.07, 6.45) is 3.85. The Kier molecular flexibility index (Phi) is 4.83. The van der Waals surface area contributed by atoms with Crippen molar-refractivity contribution in [2.75, 3.05) is 4.72 Å². The SMILES string of the molecule is Cc1ccc(-c2cn3ccccc3n2)cc1NS(=O)(=O)Cc1cccc(Cl)c1. The molecule has 7 heteroatoms. The van der Waals surface area contributed by atoms with Gasteiger partial charge in [0.1, 0.15) is 5.65 Å². The number of hydrogen-bond acceptors (Lipinski definition) is 3. The fourth-order valence-electron chi connectivity index (χ4n) is 3.01. The van der Waals surface area contributed by atoms with Crippen LogP contribution in [-0.4, -0.2) is 17.8 Å². The first-order valence-electron chi connectivity index (χ1n) is 8.69. The maximum Gasteiger partial charge on any atom is 0.236 e. The van der Waals surface area contributed by atoms with E-state index in [0.717, 1.165) is 22.5 Å². The number of aryl methyl sites for hydroxylation is 1. The van der Waals surface area contributed by atoms with Gasteiger partial charge in [-0.05, 0) is 48.4 Å². The van der Waals surface area contributed by atoms with E-state index in [1.54, 1.807) is 24.3 Å². The first-order valence-corrected chi connectivity index (χ1v) is 10.7. The summed E-state index contributed by atoms with van der Waals surface area (Å²) in [6.45, 7) is 1.87. The molecule has 0 radical (unpaired) electrons. The van der Waals surface area contributed by atoms with Gasteiger partial charge in [0.25, 0.3) is 0 Å². The van der Waals surface area contributed by atoms with Crippen LogP contribution in [0.3, 0.4) is 0 Å². The smallest absolute Gasteiger partial charge is 0.236 e.